The van der Waals surface area contributed by atoms with Crippen molar-refractivity contribution in [1.29, 1.82) is 0 Å². The lowest BCUT2D eigenvalue weighted by molar-refractivity contribution is 0.0568. The van der Waals surface area contributed by atoms with Crippen LogP contribution in [-0.2, 0) is 17.5 Å². The third-order valence-electron chi connectivity index (χ3n) is 8.44. The summed E-state index contributed by atoms with van der Waals surface area (Å²) < 4.78 is 8.58. The Morgan fingerprint density at radius 1 is 1.11 bits per heavy atom. The van der Waals surface area contributed by atoms with Gasteiger partial charge in [0.05, 0.1) is 17.0 Å². The molecule has 2 aliphatic rings. The molecule has 2 heterocycles. The largest absolute Gasteiger partial charge is 0.414 e. The highest BCUT2D eigenvalue weighted by Gasteiger charge is 2.44. The molecule has 0 bridgehead atoms. The highest BCUT2D eigenvalue weighted by Crippen LogP contribution is 2.44. The quantitative estimate of drug-likeness (QED) is 0.431. The Labute approximate surface area is 215 Å². The van der Waals surface area contributed by atoms with Crippen molar-refractivity contribution >= 4 is 25.2 Å². The Morgan fingerprint density at radius 3 is 2.28 bits per heavy atom. The van der Waals surface area contributed by atoms with Gasteiger partial charge in [0.25, 0.3) is 5.56 Å². The molecular weight excluding hydrogens is 466 g/mol. The molecule has 1 atom stereocenters. The summed E-state index contributed by atoms with van der Waals surface area (Å²) >= 11 is 0. The highest BCUT2D eigenvalue weighted by atomic mass is 28.4. The lowest BCUT2D eigenvalue weighted by Crippen LogP contribution is -2.49. The lowest BCUT2D eigenvalue weighted by Gasteiger charge is -2.45. The van der Waals surface area contributed by atoms with Gasteiger partial charge in [0.2, 0.25) is 5.95 Å². The van der Waals surface area contributed by atoms with E-state index in [-0.39, 0.29) is 22.7 Å². The molecule has 3 aromatic rings. The van der Waals surface area contributed by atoms with Gasteiger partial charge in [-0.2, -0.15) is 0 Å². The second-order valence-electron chi connectivity index (χ2n) is 12.3. The van der Waals surface area contributed by atoms with Gasteiger partial charge < -0.3 is 14.4 Å². The van der Waals surface area contributed by atoms with Crippen LogP contribution in [0.15, 0.2) is 41.2 Å². The number of benzene rings is 2. The van der Waals surface area contributed by atoms with E-state index in [4.69, 9.17) is 9.41 Å². The van der Waals surface area contributed by atoms with Crippen LogP contribution in [-0.4, -0.2) is 29.1 Å². The molecule has 1 aliphatic carbocycles. The lowest BCUT2D eigenvalue weighted by atomic mass is 9.89. The minimum atomic E-state index is -1.88. The summed E-state index contributed by atoms with van der Waals surface area (Å²) in [6, 6.07) is 12.3. The number of aromatic nitrogens is 2. The van der Waals surface area contributed by atoms with Gasteiger partial charge in [0, 0.05) is 30.8 Å². The molecule has 5 rings (SSSR count). The molecule has 0 saturated heterocycles. The number of hydrogen-bond donors (Lipinski definition) is 1. The molecule has 7 heteroatoms. The van der Waals surface area contributed by atoms with E-state index < -0.39 is 14.4 Å². The van der Waals surface area contributed by atoms with Crippen LogP contribution in [0.2, 0.25) is 18.1 Å². The fourth-order valence-corrected chi connectivity index (χ4v) is 6.63. The van der Waals surface area contributed by atoms with Crippen molar-refractivity contribution in [1.82, 2.24) is 9.55 Å². The van der Waals surface area contributed by atoms with Gasteiger partial charge in [-0.25, -0.2) is 4.98 Å². The molecule has 0 spiro atoms. The van der Waals surface area contributed by atoms with Gasteiger partial charge in [-0.3, -0.25) is 9.36 Å². The molecule has 2 aromatic carbocycles. The number of aliphatic hydroxyl groups excluding tert-OH is 1. The summed E-state index contributed by atoms with van der Waals surface area (Å²) in [5, 5.41) is 11.2. The molecule has 192 valence electrons. The molecule has 1 fully saturated rings. The van der Waals surface area contributed by atoms with Crippen LogP contribution in [0.1, 0.15) is 74.9 Å². The molecule has 1 aliphatic heterocycles. The molecule has 1 unspecified atom stereocenters. The van der Waals surface area contributed by atoms with Crippen LogP contribution in [0, 0.1) is 6.92 Å². The van der Waals surface area contributed by atoms with Gasteiger partial charge in [-0.05, 0) is 67.6 Å². The molecular formula is C29H39N3O3Si. The van der Waals surface area contributed by atoms with E-state index in [9.17, 15) is 9.90 Å². The first-order valence-corrected chi connectivity index (χ1v) is 16.0. The Bertz CT molecular complexity index is 1340. The smallest absolute Gasteiger partial charge is 0.263 e. The fraction of sp³-hybridized carbons (Fsp3) is 0.517. The third kappa shape index (κ3) is 4.31. The average Bonchev–Trinajstić information content (AvgIpc) is 3.19. The maximum atomic E-state index is 14.1. The number of aryl methyl sites for hydroxylation is 1. The van der Waals surface area contributed by atoms with E-state index in [0.29, 0.717) is 22.4 Å². The first-order valence-electron chi connectivity index (χ1n) is 13.1. The molecule has 1 aromatic heterocycles. The van der Waals surface area contributed by atoms with Crippen molar-refractivity contribution in [2.24, 2.45) is 0 Å². The molecule has 1 saturated carbocycles. The zero-order valence-corrected chi connectivity index (χ0v) is 23.6. The number of hydrogen-bond acceptors (Lipinski definition) is 5. The summed E-state index contributed by atoms with van der Waals surface area (Å²) in [6.07, 6.45) is 1.11. The van der Waals surface area contributed by atoms with Gasteiger partial charge in [-0.15, -0.1) is 0 Å². The highest BCUT2D eigenvalue weighted by molar-refractivity contribution is 6.74. The number of fused-ring (bicyclic) bond motifs is 2. The van der Waals surface area contributed by atoms with Crippen LogP contribution < -0.4 is 10.5 Å². The van der Waals surface area contributed by atoms with Gasteiger partial charge >= 0.3 is 0 Å². The van der Waals surface area contributed by atoms with Crippen LogP contribution >= 0.6 is 0 Å². The number of nitrogens with zero attached hydrogens (tertiary/aromatic N) is 3. The zero-order chi connectivity index (χ0) is 26.0. The van der Waals surface area contributed by atoms with Crippen molar-refractivity contribution in [3.8, 4) is 0 Å². The van der Waals surface area contributed by atoms with Crippen LogP contribution in [0.3, 0.4) is 0 Å². The van der Waals surface area contributed by atoms with E-state index in [1.165, 1.54) is 11.1 Å². The minimum Gasteiger partial charge on any atom is -0.414 e. The van der Waals surface area contributed by atoms with Crippen molar-refractivity contribution in [3.63, 3.8) is 0 Å². The fourth-order valence-electron chi connectivity index (χ4n) is 5.25. The summed E-state index contributed by atoms with van der Waals surface area (Å²) in [5.41, 5.74) is 4.79. The molecule has 1 N–H and O–H groups in total. The topological polar surface area (TPSA) is 67.6 Å². The molecule has 0 radical (unpaired) electrons. The summed E-state index contributed by atoms with van der Waals surface area (Å²) in [4.78, 5) is 21.4. The van der Waals surface area contributed by atoms with E-state index in [1.54, 1.807) is 6.92 Å². The zero-order valence-electron chi connectivity index (χ0n) is 22.6. The first-order chi connectivity index (χ1) is 16.9. The number of rotatable bonds is 5. The van der Waals surface area contributed by atoms with Crippen molar-refractivity contribution in [2.75, 3.05) is 4.90 Å². The van der Waals surface area contributed by atoms with Crippen LogP contribution in [0.5, 0.6) is 0 Å². The Morgan fingerprint density at radius 2 is 1.72 bits per heavy atom. The number of anilines is 1. The first kappa shape index (κ1) is 25.2. The van der Waals surface area contributed by atoms with E-state index in [1.807, 2.05) is 23.6 Å². The standard InChI is InChI=1S/C29H39N3O3Si/c1-18-12-24(19(2)33)26-25(13-18)27(34)32(22-14-23(15-22)35-36(6,7)29(3,4)5)28(30-26)31-16-20-10-8-9-11-21(20)17-31/h8-13,19,22-23,33H,14-17H2,1-7H3. The van der Waals surface area contributed by atoms with Gasteiger partial charge in [0.15, 0.2) is 8.32 Å². The second kappa shape index (κ2) is 8.82. The van der Waals surface area contributed by atoms with Crippen molar-refractivity contribution in [2.45, 2.75) is 96.9 Å². The molecule has 36 heavy (non-hydrogen) atoms. The van der Waals surface area contributed by atoms with Crippen molar-refractivity contribution < 1.29 is 9.53 Å². The SMILES string of the molecule is Cc1cc(C(C)O)c2nc(N3Cc4ccccc4C3)n(C3CC(O[Si](C)(C)C(C)(C)C)C3)c(=O)c2c1. The normalized spacial score (nSPS) is 20.9. The minimum absolute atomic E-state index is 0.0210. The Balaban J connectivity index is 1.57. The summed E-state index contributed by atoms with van der Waals surface area (Å²) in [6.45, 7) is 16.5. The summed E-state index contributed by atoms with van der Waals surface area (Å²) in [7, 11) is -1.88. The molecule has 0 amide bonds. The Hall–Kier alpha value is -2.48. The molecule has 6 nitrogen and oxygen atoms in total. The second-order valence-corrected chi connectivity index (χ2v) is 17.0. The maximum Gasteiger partial charge on any atom is 0.263 e. The average molecular weight is 506 g/mol. The van der Waals surface area contributed by atoms with Gasteiger partial charge in [-0.1, -0.05) is 51.1 Å². The van der Waals surface area contributed by atoms with E-state index >= 15 is 0 Å². The maximum absolute atomic E-state index is 14.1. The predicted molar refractivity (Wildman–Crippen MR) is 148 cm³/mol. The van der Waals surface area contributed by atoms with E-state index in [2.05, 4.69) is 63.0 Å². The van der Waals surface area contributed by atoms with E-state index in [0.717, 1.165) is 31.5 Å². The number of aliphatic hydroxyl groups is 1. The van der Waals surface area contributed by atoms with Crippen LogP contribution in [0.4, 0.5) is 5.95 Å². The summed E-state index contributed by atoms with van der Waals surface area (Å²) in [5.74, 6) is 0.699. The Kier molecular flexibility index (Phi) is 6.17. The monoisotopic (exact) mass is 505 g/mol. The van der Waals surface area contributed by atoms with Gasteiger partial charge in [0.1, 0.15) is 0 Å². The third-order valence-corrected chi connectivity index (χ3v) is 13.0. The van der Waals surface area contributed by atoms with Crippen molar-refractivity contribution in [3.05, 3.63) is 69.0 Å². The van der Waals surface area contributed by atoms with Crippen LogP contribution in [0.25, 0.3) is 10.9 Å². The predicted octanol–water partition coefficient (Wildman–Crippen LogP) is 6.00.